The average molecular weight is 338 g/mol. The van der Waals surface area contributed by atoms with E-state index >= 15 is 0 Å². The largest absolute Gasteiger partial charge is 0.476 e. The highest BCUT2D eigenvalue weighted by Gasteiger charge is 2.31. The lowest BCUT2D eigenvalue weighted by atomic mass is 9.92. The Balaban J connectivity index is 1.93. The highest BCUT2D eigenvalue weighted by Crippen LogP contribution is 2.29. The maximum absolute atomic E-state index is 12.2. The van der Waals surface area contributed by atoms with Gasteiger partial charge in [-0.25, -0.2) is 9.59 Å². The number of ether oxygens (including phenoxy) is 1. The van der Waals surface area contributed by atoms with Gasteiger partial charge in [0.15, 0.2) is 5.69 Å². The molecule has 8 heteroatoms. The minimum absolute atomic E-state index is 0.00378. The summed E-state index contributed by atoms with van der Waals surface area (Å²) in [6, 6.07) is 0. The van der Waals surface area contributed by atoms with Crippen LogP contribution in [-0.4, -0.2) is 56.3 Å². The first-order chi connectivity index (χ1) is 11.3. The zero-order valence-electron chi connectivity index (χ0n) is 14.7. The van der Waals surface area contributed by atoms with Crippen LogP contribution in [0.3, 0.4) is 0 Å². The van der Waals surface area contributed by atoms with Crippen molar-refractivity contribution in [1.29, 1.82) is 0 Å². The van der Waals surface area contributed by atoms with Gasteiger partial charge >= 0.3 is 12.1 Å². The number of amides is 1. The molecule has 134 valence electrons. The van der Waals surface area contributed by atoms with Crippen LogP contribution in [0.15, 0.2) is 0 Å². The molecule has 0 bridgehead atoms. The van der Waals surface area contributed by atoms with E-state index in [1.807, 2.05) is 6.92 Å². The highest BCUT2D eigenvalue weighted by atomic mass is 16.6. The number of piperidine rings is 1. The van der Waals surface area contributed by atoms with E-state index in [4.69, 9.17) is 4.74 Å². The van der Waals surface area contributed by atoms with Crippen molar-refractivity contribution in [3.63, 3.8) is 0 Å². The van der Waals surface area contributed by atoms with Gasteiger partial charge in [-0.1, -0.05) is 19.1 Å². The number of hydrogen-bond acceptors (Lipinski definition) is 5. The molecule has 1 aliphatic heterocycles. The molecule has 0 aromatic carbocycles. The SMILES string of the molecule is CC(C)CC(C)OC(=O)N1CCC(c2c(C(=O)O)nnn2C)CC1. The molecule has 2 rings (SSSR count). The number of hydrogen-bond donors (Lipinski definition) is 1. The number of carboxylic acids is 1. The van der Waals surface area contributed by atoms with Crippen molar-refractivity contribution in [3.05, 3.63) is 11.4 Å². The summed E-state index contributed by atoms with van der Waals surface area (Å²) in [5.74, 6) is -0.555. The Labute approximate surface area is 141 Å². The number of carbonyl (C=O) groups excluding carboxylic acids is 1. The number of likely N-dealkylation sites (tertiary alicyclic amines) is 1. The lowest BCUT2D eigenvalue weighted by Gasteiger charge is -2.32. The fraction of sp³-hybridized carbons (Fsp3) is 0.750. The van der Waals surface area contributed by atoms with Crippen LogP contribution in [0, 0.1) is 5.92 Å². The van der Waals surface area contributed by atoms with Crippen molar-refractivity contribution in [2.75, 3.05) is 13.1 Å². The summed E-state index contributed by atoms with van der Waals surface area (Å²) in [6.07, 6.45) is 1.80. The van der Waals surface area contributed by atoms with Crippen molar-refractivity contribution >= 4 is 12.1 Å². The Kier molecular flexibility index (Phi) is 5.80. The standard InChI is InChI=1S/C16H26N4O4/c1-10(2)9-11(3)24-16(23)20-7-5-12(6-8-20)14-13(15(21)22)17-18-19(14)4/h10-12H,5-9H2,1-4H3,(H,21,22). The molecule has 24 heavy (non-hydrogen) atoms. The molecule has 1 N–H and O–H groups in total. The minimum atomic E-state index is -1.07. The van der Waals surface area contributed by atoms with Crippen LogP contribution in [0.1, 0.15) is 62.1 Å². The Morgan fingerprint density at radius 1 is 1.29 bits per heavy atom. The van der Waals surface area contributed by atoms with E-state index in [9.17, 15) is 14.7 Å². The molecule has 1 atom stereocenters. The zero-order valence-corrected chi connectivity index (χ0v) is 14.7. The monoisotopic (exact) mass is 338 g/mol. The first-order valence-corrected chi connectivity index (χ1v) is 8.38. The molecule has 1 aliphatic rings. The topological polar surface area (TPSA) is 97.6 Å². The smallest absolute Gasteiger partial charge is 0.410 e. The Hall–Kier alpha value is -2.12. The lowest BCUT2D eigenvalue weighted by molar-refractivity contribution is 0.0544. The van der Waals surface area contributed by atoms with Crippen molar-refractivity contribution in [2.45, 2.75) is 52.1 Å². The Morgan fingerprint density at radius 2 is 1.92 bits per heavy atom. The van der Waals surface area contributed by atoms with Gasteiger partial charge in [0, 0.05) is 26.1 Å². The van der Waals surface area contributed by atoms with E-state index in [2.05, 4.69) is 24.2 Å². The van der Waals surface area contributed by atoms with Crippen LogP contribution in [0.2, 0.25) is 0 Å². The van der Waals surface area contributed by atoms with Crippen LogP contribution in [0.5, 0.6) is 0 Å². The van der Waals surface area contributed by atoms with E-state index in [1.165, 1.54) is 4.68 Å². The molecule has 0 spiro atoms. The van der Waals surface area contributed by atoms with Crippen molar-refractivity contribution in [1.82, 2.24) is 19.9 Å². The van der Waals surface area contributed by atoms with Gasteiger partial charge in [-0.3, -0.25) is 4.68 Å². The van der Waals surface area contributed by atoms with Crippen LogP contribution in [-0.2, 0) is 11.8 Å². The number of carbonyl (C=O) groups is 2. The summed E-state index contributed by atoms with van der Waals surface area (Å²) in [5, 5.41) is 16.8. The van der Waals surface area contributed by atoms with E-state index in [0.29, 0.717) is 37.5 Å². The van der Waals surface area contributed by atoms with Gasteiger partial charge in [0.2, 0.25) is 0 Å². The molecule has 1 aromatic heterocycles. The second-order valence-electron chi connectivity index (χ2n) is 6.84. The summed E-state index contributed by atoms with van der Waals surface area (Å²) in [7, 11) is 1.70. The molecule has 1 saturated heterocycles. The van der Waals surface area contributed by atoms with Crippen molar-refractivity contribution in [2.24, 2.45) is 13.0 Å². The molecule has 1 aromatic rings. The second kappa shape index (κ2) is 7.63. The average Bonchev–Trinajstić information content (AvgIpc) is 2.88. The second-order valence-corrected chi connectivity index (χ2v) is 6.84. The third-order valence-corrected chi connectivity index (χ3v) is 4.32. The summed E-state index contributed by atoms with van der Waals surface area (Å²) in [6.45, 7) is 7.19. The zero-order chi connectivity index (χ0) is 17.9. The first kappa shape index (κ1) is 18.2. The molecular formula is C16H26N4O4. The highest BCUT2D eigenvalue weighted by molar-refractivity contribution is 5.86. The van der Waals surface area contributed by atoms with Gasteiger partial charge in [0.05, 0.1) is 5.69 Å². The normalized spacial score (nSPS) is 17.1. The van der Waals surface area contributed by atoms with E-state index in [-0.39, 0.29) is 23.8 Å². The van der Waals surface area contributed by atoms with Gasteiger partial charge in [0.1, 0.15) is 6.10 Å². The predicted molar refractivity (Wildman–Crippen MR) is 86.9 cm³/mol. The lowest BCUT2D eigenvalue weighted by Crippen LogP contribution is -2.40. The molecule has 0 radical (unpaired) electrons. The van der Waals surface area contributed by atoms with Gasteiger partial charge in [-0.2, -0.15) is 0 Å². The molecule has 0 saturated carbocycles. The van der Waals surface area contributed by atoms with Crippen LogP contribution >= 0.6 is 0 Å². The summed E-state index contributed by atoms with van der Waals surface area (Å²) >= 11 is 0. The third-order valence-electron chi connectivity index (χ3n) is 4.32. The molecular weight excluding hydrogens is 312 g/mol. The van der Waals surface area contributed by atoms with E-state index in [0.717, 1.165) is 6.42 Å². The third kappa shape index (κ3) is 4.24. The van der Waals surface area contributed by atoms with E-state index < -0.39 is 5.97 Å². The maximum Gasteiger partial charge on any atom is 0.410 e. The number of aromatic carboxylic acids is 1. The quantitative estimate of drug-likeness (QED) is 0.884. The number of aromatic nitrogens is 3. The maximum atomic E-state index is 12.2. The van der Waals surface area contributed by atoms with Gasteiger partial charge < -0.3 is 14.7 Å². The molecule has 8 nitrogen and oxygen atoms in total. The van der Waals surface area contributed by atoms with Gasteiger partial charge in [-0.15, -0.1) is 5.10 Å². The molecule has 1 unspecified atom stereocenters. The summed E-state index contributed by atoms with van der Waals surface area (Å²) < 4.78 is 7.00. The number of aryl methyl sites for hydroxylation is 1. The van der Waals surface area contributed by atoms with E-state index in [1.54, 1.807) is 11.9 Å². The van der Waals surface area contributed by atoms with Crippen molar-refractivity contribution in [3.8, 4) is 0 Å². The molecule has 1 fully saturated rings. The number of nitrogens with zero attached hydrogens (tertiary/aromatic N) is 4. The minimum Gasteiger partial charge on any atom is -0.476 e. The predicted octanol–water partition coefficient (Wildman–Crippen LogP) is 2.26. The van der Waals surface area contributed by atoms with Gasteiger partial charge in [-0.05, 0) is 32.1 Å². The summed E-state index contributed by atoms with van der Waals surface area (Å²) in [5.41, 5.74) is 0.632. The Morgan fingerprint density at radius 3 is 2.46 bits per heavy atom. The van der Waals surface area contributed by atoms with Crippen molar-refractivity contribution < 1.29 is 19.4 Å². The van der Waals surface area contributed by atoms with Crippen LogP contribution in [0.4, 0.5) is 4.79 Å². The molecule has 1 amide bonds. The molecule has 0 aliphatic carbocycles. The fourth-order valence-corrected chi connectivity index (χ4v) is 3.27. The first-order valence-electron chi connectivity index (χ1n) is 8.38. The fourth-order valence-electron chi connectivity index (χ4n) is 3.27. The molecule has 2 heterocycles. The Bertz CT molecular complexity index is 591. The number of carboxylic acid groups (broad SMARTS) is 1. The summed E-state index contributed by atoms with van der Waals surface area (Å²) in [4.78, 5) is 25.2. The van der Waals surface area contributed by atoms with Crippen LogP contribution in [0.25, 0.3) is 0 Å². The van der Waals surface area contributed by atoms with Gasteiger partial charge in [0.25, 0.3) is 0 Å². The van der Waals surface area contributed by atoms with Crippen LogP contribution < -0.4 is 0 Å². The number of rotatable bonds is 5.